The Morgan fingerprint density at radius 2 is 2.24 bits per heavy atom. The lowest BCUT2D eigenvalue weighted by molar-refractivity contribution is -0.142. The smallest absolute Gasteiger partial charge is 0.230 e. The van der Waals surface area contributed by atoms with Crippen molar-refractivity contribution < 1.29 is 9.90 Å². The van der Waals surface area contributed by atoms with Gasteiger partial charge in [-0.15, -0.1) is 0 Å². The fraction of sp³-hybridized carbons (Fsp3) is 0.474. The number of aliphatic hydroxyl groups excluding tert-OH is 1. The predicted octanol–water partition coefficient (Wildman–Crippen LogP) is 2.66. The van der Waals surface area contributed by atoms with Crippen LogP contribution in [-0.2, 0) is 4.79 Å². The molecular formula is C19H22ClN3O2. The van der Waals surface area contributed by atoms with Crippen molar-refractivity contribution in [2.75, 3.05) is 24.5 Å². The van der Waals surface area contributed by atoms with Crippen molar-refractivity contribution in [2.45, 2.75) is 32.3 Å². The third-order valence-electron chi connectivity index (χ3n) is 5.61. The van der Waals surface area contributed by atoms with E-state index in [2.05, 4.69) is 10.2 Å². The van der Waals surface area contributed by atoms with E-state index < -0.39 is 11.5 Å². The molecule has 0 unspecified atom stereocenters. The Bertz CT molecular complexity index is 841. The molecule has 5 nitrogen and oxygen atoms in total. The molecule has 1 aromatic carbocycles. The number of piperidine rings is 2. The van der Waals surface area contributed by atoms with Gasteiger partial charge in [0.25, 0.3) is 0 Å². The van der Waals surface area contributed by atoms with Gasteiger partial charge in [-0.3, -0.25) is 4.79 Å². The number of hydrogen-bond donors (Lipinski definition) is 2. The molecule has 3 heterocycles. The summed E-state index contributed by atoms with van der Waals surface area (Å²) in [4.78, 5) is 19.5. The first-order valence-corrected chi connectivity index (χ1v) is 9.16. The number of amides is 1. The number of carbonyl (C=O) groups excluding carboxylic acids is 1. The highest BCUT2D eigenvalue weighted by Gasteiger charge is 2.50. The summed E-state index contributed by atoms with van der Waals surface area (Å²) in [6, 6.07) is 7.75. The molecule has 0 bridgehead atoms. The van der Waals surface area contributed by atoms with Crippen LogP contribution < -0.4 is 10.2 Å². The van der Waals surface area contributed by atoms with E-state index in [0.717, 1.165) is 35.1 Å². The second-order valence-corrected chi connectivity index (χ2v) is 7.64. The van der Waals surface area contributed by atoms with Crippen LogP contribution in [0, 0.1) is 12.3 Å². The molecular weight excluding hydrogens is 338 g/mol. The SMILES string of the molecule is Cc1cc(N2CC[C@H](O)[C@@]3(CCCNC3=O)C2)nc2ccc(Cl)cc12. The van der Waals surface area contributed by atoms with Gasteiger partial charge in [-0.1, -0.05) is 11.6 Å². The van der Waals surface area contributed by atoms with Gasteiger partial charge < -0.3 is 15.3 Å². The molecule has 2 aliphatic heterocycles. The van der Waals surface area contributed by atoms with Gasteiger partial charge in [0, 0.05) is 30.0 Å². The van der Waals surface area contributed by atoms with Gasteiger partial charge in [-0.2, -0.15) is 0 Å². The van der Waals surface area contributed by atoms with Gasteiger partial charge in [-0.25, -0.2) is 4.98 Å². The van der Waals surface area contributed by atoms with Crippen LogP contribution in [0.3, 0.4) is 0 Å². The number of fused-ring (bicyclic) bond motifs is 1. The molecule has 1 spiro atoms. The van der Waals surface area contributed by atoms with Crippen LogP contribution >= 0.6 is 11.6 Å². The first-order valence-electron chi connectivity index (χ1n) is 8.78. The van der Waals surface area contributed by atoms with Crippen LogP contribution in [0.2, 0.25) is 5.02 Å². The van der Waals surface area contributed by atoms with Crippen molar-refractivity contribution in [2.24, 2.45) is 5.41 Å². The van der Waals surface area contributed by atoms with Crippen LogP contribution in [0.4, 0.5) is 5.82 Å². The van der Waals surface area contributed by atoms with E-state index in [9.17, 15) is 9.90 Å². The Balaban J connectivity index is 1.71. The summed E-state index contributed by atoms with van der Waals surface area (Å²) in [5.41, 5.74) is 1.28. The maximum atomic E-state index is 12.5. The van der Waals surface area contributed by atoms with Gasteiger partial charge >= 0.3 is 0 Å². The summed E-state index contributed by atoms with van der Waals surface area (Å²) >= 11 is 6.10. The zero-order valence-electron chi connectivity index (χ0n) is 14.3. The molecule has 0 radical (unpaired) electrons. The molecule has 0 saturated carbocycles. The van der Waals surface area contributed by atoms with Crippen molar-refractivity contribution in [3.63, 3.8) is 0 Å². The number of carbonyl (C=O) groups is 1. The summed E-state index contributed by atoms with van der Waals surface area (Å²) in [6.45, 7) is 3.94. The summed E-state index contributed by atoms with van der Waals surface area (Å²) in [7, 11) is 0. The quantitative estimate of drug-likeness (QED) is 0.821. The van der Waals surface area contributed by atoms with Crippen molar-refractivity contribution in [3.05, 3.63) is 34.9 Å². The summed E-state index contributed by atoms with van der Waals surface area (Å²) in [5, 5.41) is 15.2. The van der Waals surface area contributed by atoms with Gasteiger partial charge in [0.1, 0.15) is 5.82 Å². The average Bonchev–Trinajstić information content (AvgIpc) is 2.60. The maximum Gasteiger partial charge on any atom is 0.230 e. The predicted molar refractivity (Wildman–Crippen MR) is 99.0 cm³/mol. The molecule has 2 fully saturated rings. The molecule has 2 saturated heterocycles. The fourth-order valence-corrected chi connectivity index (χ4v) is 4.32. The molecule has 1 amide bonds. The minimum atomic E-state index is -0.721. The highest BCUT2D eigenvalue weighted by molar-refractivity contribution is 6.31. The van der Waals surface area contributed by atoms with Crippen molar-refractivity contribution in [3.8, 4) is 0 Å². The Hall–Kier alpha value is -1.85. The third kappa shape index (κ3) is 2.75. The fourth-order valence-electron chi connectivity index (χ4n) is 4.15. The number of hydrogen-bond acceptors (Lipinski definition) is 4. The number of nitrogens with zero attached hydrogens (tertiary/aromatic N) is 2. The van der Waals surface area contributed by atoms with Crippen molar-refractivity contribution >= 4 is 34.2 Å². The molecule has 2 N–H and O–H groups in total. The van der Waals surface area contributed by atoms with Gasteiger partial charge in [-0.05, 0) is 56.0 Å². The first-order chi connectivity index (χ1) is 12.0. The summed E-state index contributed by atoms with van der Waals surface area (Å²) in [6.07, 6.45) is 1.61. The highest BCUT2D eigenvalue weighted by atomic mass is 35.5. The lowest BCUT2D eigenvalue weighted by Gasteiger charge is -2.47. The number of pyridine rings is 1. The van der Waals surface area contributed by atoms with E-state index in [1.54, 1.807) is 0 Å². The van der Waals surface area contributed by atoms with Crippen LogP contribution in [-0.4, -0.2) is 41.7 Å². The summed E-state index contributed by atoms with van der Waals surface area (Å²) < 4.78 is 0. The van der Waals surface area contributed by atoms with E-state index in [-0.39, 0.29) is 5.91 Å². The van der Waals surface area contributed by atoms with E-state index in [0.29, 0.717) is 31.1 Å². The Labute approximate surface area is 152 Å². The molecule has 2 aliphatic rings. The Kier molecular flexibility index (Phi) is 4.08. The van der Waals surface area contributed by atoms with Gasteiger partial charge in [0.05, 0.1) is 17.0 Å². The largest absolute Gasteiger partial charge is 0.392 e. The molecule has 1 aromatic heterocycles. The third-order valence-corrected chi connectivity index (χ3v) is 5.84. The van der Waals surface area contributed by atoms with Crippen molar-refractivity contribution in [1.29, 1.82) is 0 Å². The number of nitrogens with one attached hydrogen (secondary N) is 1. The zero-order valence-corrected chi connectivity index (χ0v) is 15.0. The topological polar surface area (TPSA) is 65.5 Å². The monoisotopic (exact) mass is 359 g/mol. The van der Waals surface area contributed by atoms with Gasteiger partial charge in [0.15, 0.2) is 0 Å². The van der Waals surface area contributed by atoms with E-state index in [1.165, 1.54) is 0 Å². The lowest BCUT2D eigenvalue weighted by atomic mass is 9.71. The number of aliphatic hydroxyl groups is 1. The summed E-state index contributed by atoms with van der Waals surface area (Å²) in [5.74, 6) is 0.831. The lowest BCUT2D eigenvalue weighted by Crippen LogP contribution is -2.61. The highest BCUT2D eigenvalue weighted by Crippen LogP contribution is 2.39. The normalized spacial score (nSPS) is 26.9. The molecule has 25 heavy (non-hydrogen) atoms. The number of aryl methyl sites for hydroxylation is 1. The van der Waals surface area contributed by atoms with Crippen LogP contribution in [0.1, 0.15) is 24.8 Å². The minimum absolute atomic E-state index is 0.0276. The van der Waals surface area contributed by atoms with Crippen molar-refractivity contribution in [1.82, 2.24) is 10.3 Å². The van der Waals surface area contributed by atoms with E-state index >= 15 is 0 Å². The molecule has 2 atom stereocenters. The number of halogens is 1. The minimum Gasteiger partial charge on any atom is -0.392 e. The van der Waals surface area contributed by atoms with E-state index in [4.69, 9.17) is 16.6 Å². The van der Waals surface area contributed by atoms with Crippen LogP contribution in [0.15, 0.2) is 24.3 Å². The Morgan fingerprint density at radius 1 is 1.40 bits per heavy atom. The number of benzene rings is 1. The second-order valence-electron chi connectivity index (χ2n) is 7.20. The standard InChI is InChI=1S/C19H22ClN3O2/c1-12-9-17(22-15-4-3-13(20)10-14(12)15)23-8-5-16(24)19(11-23)6-2-7-21-18(19)25/h3-4,9-10,16,24H,2,5-8,11H2,1H3,(H,21,25)/t16-,19+/m0/s1. The molecule has 2 aromatic rings. The molecule has 0 aliphatic carbocycles. The average molecular weight is 360 g/mol. The molecule has 4 rings (SSSR count). The van der Waals surface area contributed by atoms with E-state index in [1.807, 2.05) is 31.2 Å². The number of anilines is 1. The van der Waals surface area contributed by atoms with Gasteiger partial charge in [0.2, 0.25) is 5.91 Å². The van der Waals surface area contributed by atoms with Crippen LogP contribution in [0.25, 0.3) is 10.9 Å². The van der Waals surface area contributed by atoms with Crippen LogP contribution in [0.5, 0.6) is 0 Å². The zero-order chi connectivity index (χ0) is 17.6. The number of aromatic nitrogens is 1. The Morgan fingerprint density at radius 3 is 3.04 bits per heavy atom. The number of rotatable bonds is 1. The molecule has 132 valence electrons. The second kappa shape index (κ2) is 6.15. The molecule has 6 heteroatoms. The maximum absolute atomic E-state index is 12.5. The first kappa shape index (κ1) is 16.6.